The summed E-state index contributed by atoms with van der Waals surface area (Å²) in [7, 11) is 1.58. The molecule has 3 rings (SSSR count). The van der Waals surface area contributed by atoms with Crippen molar-refractivity contribution in [3.05, 3.63) is 74.9 Å². The molecular formula is C19H16ClFN4O3S. The molecule has 1 aromatic heterocycles. The number of carbonyl (C=O) groups excluding carboxylic acids is 1. The fourth-order valence-electron chi connectivity index (χ4n) is 2.37. The van der Waals surface area contributed by atoms with E-state index in [0.29, 0.717) is 12.1 Å². The van der Waals surface area contributed by atoms with Crippen LogP contribution in [0.4, 0.5) is 10.1 Å². The summed E-state index contributed by atoms with van der Waals surface area (Å²) in [4.78, 5) is 26.8. The smallest absolute Gasteiger partial charge is 0.273 e. The lowest BCUT2D eigenvalue weighted by Gasteiger charge is -2.06. The Kier molecular flexibility index (Phi) is 6.84. The number of hydrogen-bond donors (Lipinski definition) is 2. The van der Waals surface area contributed by atoms with Crippen molar-refractivity contribution in [1.29, 1.82) is 0 Å². The molecule has 0 radical (unpaired) electrons. The molecule has 29 heavy (non-hydrogen) atoms. The van der Waals surface area contributed by atoms with E-state index in [-0.39, 0.29) is 33.1 Å². The predicted octanol–water partition coefficient (Wildman–Crippen LogP) is 3.29. The normalized spacial score (nSPS) is 10.6. The first kappa shape index (κ1) is 20.8. The second kappa shape index (κ2) is 9.53. The largest absolute Gasteiger partial charge is 0.497 e. The Morgan fingerprint density at radius 2 is 2.00 bits per heavy atom. The second-order valence-electron chi connectivity index (χ2n) is 5.90. The molecule has 7 nitrogen and oxygen atoms in total. The minimum atomic E-state index is -0.568. The molecule has 10 heteroatoms. The van der Waals surface area contributed by atoms with Crippen LogP contribution >= 0.6 is 23.4 Å². The molecule has 0 spiro atoms. The average Bonchev–Trinajstić information content (AvgIpc) is 2.71. The van der Waals surface area contributed by atoms with Crippen molar-refractivity contribution in [3.63, 3.8) is 0 Å². The van der Waals surface area contributed by atoms with Gasteiger partial charge in [-0.2, -0.15) is 0 Å². The number of nitrogens with zero attached hydrogens (tertiary/aromatic N) is 2. The first-order valence-electron chi connectivity index (χ1n) is 8.41. The van der Waals surface area contributed by atoms with Crippen LogP contribution in [0.25, 0.3) is 0 Å². The van der Waals surface area contributed by atoms with E-state index < -0.39 is 5.82 Å². The van der Waals surface area contributed by atoms with E-state index in [2.05, 4.69) is 20.5 Å². The number of aromatic amines is 1. The van der Waals surface area contributed by atoms with Crippen molar-refractivity contribution in [2.45, 2.75) is 11.6 Å². The second-order valence-corrected chi connectivity index (χ2v) is 7.27. The van der Waals surface area contributed by atoms with Crippen LogP contribution < -0.4 is 15.6 Å². The van der Waals surface area contributed by atoms with Gasteiger partial charge in [-0.25, -0.2) is 4.39 Å². The van der Waals surface area contributed by atoms with Crippen LogP contribution in [0.3, 0.4) is 0 Å². The van der Waals surface area contributed by atoms with Crippen molar-refractivity contribution in [2.75, 3.05) is 18.2 Å². The van der Waals surface area contributed by atoms with Gasteiger partial charge >= 0.3 is 0 Å². The summed E-state index contributed by atoms with van der Waals surface area (Å²) >= 11 is 6.70. The maximum absolute atomic E-state index is 13.1. The van der Waals surface area contributed by atoms with Crippen LogP contribution in [0.1, 0.15) is 11.3 Å². The highest BCUT2D eigenvalue weighted by atomic mass is 35.5. The third kappa shape index (κ3) is 5.78. The number of rotatable bonds is 7. The van der Waals surface area contributed by atoms with E-state index in [1.165, 1.54) is 12.1 Å². The number of ether oxygens (including phenoxy) is 1. The molecule has 0 aliphatic heterocycles. The van der Waals surface area contributed by atoms with Gasteiger partial charge in [0.1, 0.15) is 17.3 Å². The standard InChI is InChI=1S/C19H16ClFN4O3S/c1-28-13-5-2-11(3-6-13)8-16-18(27)23-19(25-24-16)29-10-17(26)22-12-4-7-15(21)14(20)9-12/h2-7,9H,8,10H2,1H3,(H,22,26)(H,23,25,27). The number of thioether (sulfide) groups is 1. The van der Waals surface area contributed by atoms with Gasteiger partial charge in [-0.3, -0.25) is 14.6 Å². The summed E-state index contributed by atoms with van der Waals surface area (Å²) in [5, 5.41) is 10.6. The molecule has 2 N–H and O–H groups in total. The minimum Gasteiger partial charge on any atom is -0.497 e. The van der Waals surface area contributed by atoms with Crippen molar-refractivity contribution in [3.8, 4) is 5.75 Å². The fourth-order valence-corrected chi connectivity index (χ4v) is 3.15. The highest BCUT2D eigenvalue weighted by Gasteiger charge is 2.10. The number of hydrogen-bond acceptors (Lipinski definition) is 6. The number of halogens is 2. The van der Waals surface area contributed by atoms with Crippen LogP contribution in [0.15, 0.2) is 52.4 Å². The van der Waals surface area contributed by atoms with Crippen LogP contribution in [-0.2, 0) is 11.2 Å². The van der Waals surface area contributed by atoms with E-state index in [1.807, 2.05) is 12.1 Å². The van der Waals surface area contributed by atoms with Gasteiger partial charge in [0.25, 0.3) is 5.56 Å². The van der Waals surface area contributed by atoms with Gasteiger partial charge in [-0.15, -0.1) is 10.2 Å². The zero-order valence-corrected chi connectivity index (χ0v) is 16.8. The third-order valence-electron chi connectivity index (χ3n) is 3.82. The van der Waals surface area contributed by atoms with Gasteiger partial charge in [-0.1, -0.05) is 35.5 Å². The molecule has 0 saturated carbocycles. The van der Waals surface area contributed by atoms with E-state index in [9.17, 15) is 14.0 Å². The van der Waals surface area contributed by atoms with Gasteiger partial charge in [0.2, 0.25) is 5.91 Å². The summed E-state index contributed by atoms with van der Waals surface area (Å²) in [6.07, 6.45) is 0.323. The number of anilines is 1. The number of nitrogens with one attached hydrogen (secondary N) is 2. The first-order valence-corrected chi connectivity index (χ1v) is 9.77. The molecule has 0 aliphatic carbocycles. The molecule has 3 aromatic rings. The Balaban J connectivity index is 1.57. The monoisotopic (exact) mass is 434 g/mol. The van der Waals surface area contributed by atoms with Gasteiger partial charge < -0.3 is 10.1 Å². The van der Waals surface area contributed by atoms with E-state index in [4.69, 9.17) is 16.3 Å². The molecule has 1 heterocycles. The number of benzene rings is 2. The van der Waals surface area contributed by atoms with E-state index >= 15 is 0 Å². The number of H-pyrrole nitrogens is 1. The van der Waals surface area contributed by atoms with E-state index in [0.717, 1.165) is 29.1 Å². The lowest BCUT2D eigenvalue weighted by molar-refractivity contribution is -0.113. The highest BCUT2D eigenvalue weighted by Crippen LogP contribution is 2.20. The number of amides is 1. The summed E-state index contributed by atoms with van der Waals surface area (Å²) in [5.74, 6) is -0.219. The van der Waals surface area contributed by atoms with Crippen molar-refractivity contribution in [2.24, 2.45) is 0 Å². The van der Waals surface area contributed by atoms with Crippen LogP contribution in [0, 0.1) is 5.82 Å². The van der Waals surface area contributed by atoms with Crippen molar-refractivity contribution in [1.82, 2.24) is 15.2 Å². The summed E-state index contributed by atoms with van der Waals surface area (Å²) in [6, 6.07) is 11.2. The van der Waals surface area contributed by atoms with Crippen molar-refractivity contribution >= 4 is 35.0 Å². The fraction of sp³-hybridized carbons (Fsp3) is 0.158. The molecule has 0 fully saturated rings. The minimum absolute atomic E-state index is 0.0164. The third-order valence-corrected chi connectivity index (χ3v) is 4.97. The Labute approximate surface area is 174 Å². The quantitative estimate of drug-likeness (QED) is 0.554. The van der Waals surface area contributed by atoms with Crippen molar-refractivity contribution < 1.29 is 13.9 Å². The Morgan fingerprint density at radius 1 is 1.24 bits per heavy atom. The summed E-state index contributed by atoms with van der Waals surface area (Å²) in [6.45, 7) is 0. The molecule has 1 amide bonds. The maximum Gasteiger partial charge on any atom is 0.273 e. The molecule has 0 atom stereocenters. The molecular weight excluding hydrogens is 419 g/mol. The first-order chi connectivity index (χ1) is 13.9. The Hall–Kier alpha value is -2.91. The molecule has 0 aliphatic rings. The summed E-state index contributed by atoms with van der Waals surface area (Å²) < 4.78 is 18.2. The topological polar surface area (TPSA) is 97.0 Å². The van der Waals surface area contributed by atoms with Crippen LogP contribution in [-0.4, -0.2) is 34.0 Å². The molecule has 0 bridgehead atoms. The van der Waals surface area contributed by atoms with Crippen LogP contribution in [0.5, 0.6) is 5.75 Å². The van der Waals surface area contributed by atoms with Gasteiger partial charge in [-0.05, 0) is 35.9 Å². The zero-order chi connectivity index (χ0) is 20.8. The van der Waals surface area contributed by atoms with Gasteiger partial charge in [0, 0.05) is 12.1 Å². The molecule has 0 unspecified atom stereocenters. The number of methoxy groups -OCH3 is 1. The van der Waals surface area contributed by atoms with E-state index in [1.54, 1.807) is 19.2 Å². The lowest BCUT2D eigenvalue weighted by Crippen LogP contribution is -2.19. The summed E-state index contributed by atoms with van der Waals surface area (Å²) in [5.41, 5.74) is 1.16. The predicted molar refractivity (Wildman–Crippen MR) is 109 cm³/mol. The molecule has 0 saturated heterocycles. The maximum atomic E-state index is 13.1. The molecule has 150 valence electrons. The number of carbonyl (C=O) groups is 1. The van der Waals surface area contributed by atoms with Crippen LogP contribution in [0.2, 0.25) is 5.02 Å². The average molecular weight is 435 g/mol. The zero-order valence-electron chi connectivity index (χ0n) is 15.2. The SMILES string of the molecule is COc1ccc(Cc2nnc(SCC(=O)Nc3ccc(F)c(Cl)c3)[nH]c2=O)cc1. The number of aromatic nitrogens is 3. The van der Waals surface area contributed by atoms with Gasteiger partial charge in [0.05, 0.1) is 17.9 Å². The highest BCUT2D eigenvalue weighted by molar-refractivity contribution is 7.99. The molecule has 2 aromatic carbocycles. The Morgan fingerprint density at radius 3 is 2.66 bits per heavy atom. The Bertz CT molecular complexity index is 1080. The lowest BCUT2D eigenvalue weighted by atomic mass is 10.1. The van der Waals surface area contributed by atoms with Gasteiger partial charge in [0.15, 0.2) is 5.16 Å².